The van der Waals surface area contributed by atoms with Crippen molar-refractivity contribution in [2.24, 2.45) is 10.9 Å². The van der Waals surface area contributed by atoms with E-state index in [0.29, 0.717) is 6.42 Å². The predicted molar refractivity (Wildman–Crippen MR) is 53.3 cm³/mol. The van der Waals surface area contributed by atoms with Crippen LogP contribution in [-0.2, 0) is 0 Å². The highest BCUT2D eigenvalue weighted by molar-refractivity contribution is 8.01. The maximum absolute atomic E-state index is 8.34. The lowest BCUT2D eigenvalue weighted by Crippen LogP contribution is -2.16. The molecule has 0 amide bonds. The molecule has 0 aliphatic heterocycles. The van der Waals surface area contributed by atoms with E-state index in [4.69, 9.17) is 10.9 Å². The van der Waals surface area contributed by atoms with Gasteiger partial charge in [0, 0.05) is 11.7 Å². The average Bonchev–Trinajstić information content (AvgIpc) is 2.56. The van der Waals surface area contributed by atoms with Crippen molar-refractivity contribution < 1.29 is 5.21 Å². The van der Waals surface area contributed by atoms with E-state index in [1.807, 2.05) is 6.92 Å². The lowest BCUT2D eigenvalue weighted by molar-refractivity contribution is 0.317. The van der Waals surface area contributed by atoms with Crippen LogP contribution in [0.4, 0.5) is 0 Å². The third-order valence-corrected chi connectivity index (χ3v) is 3.18. The fraction of sp³-hybridized carbons (Fsp3) is 0.500. The summed E-state index contributed by atoms with van der Waals surface area (Å²) < 4.78 is 0.901. The fourth-order valence-corrected chi connectivity index (χ4v) is 2.58. The van der Waals surface area contributed by atoms with Crippen molar-refractivity contribution in [2.75, 3.05) is 0 Å². The number of nitrogens with two attached hydrogens (primary N) is 1. The molecule has 0 aliphatic rings. The van der Waals surface area contributed by atoms with Crippen molar-refractivity contribution in [1.82, 2.24) is 10.2 Å². The van der Waals surface area contributed by atoms with E-state index >= 15 is 0 Å². The first kappa shape index (κ1) is 10.3. The second kappa shape index (κ2) is 5.03. The Morgan fingerprint density at radius 1 is 1.92 bits per heavy atom. The summed E-state index contributed by atoms with van der Waals surface area (Å²) in [7, 11) is 0. The Kier molecular flexibility index (Phi) is 3.97. The molecule has 0 bridgehead atoms. The van der Waals surface area contributed by atoms with Gasteiger partial charge in [0.1, 0.15) is 11.3 Å². The van der Waals surface area contributed by atoms with Crippen LogP contribution in [0.25, 0.3) is 0 Å². The van der Waals surface area contributed by atoms with Crippen LogP contribution in [0.1, 0.15) is 13.3 Å². The first-order chi connectivity index (χ1) is 6.22. The standard InChI is InChI=1S/C6H10N4OS2/c1-4(2-5(7)10-11)13-6-9-8-3-12-6/h3-4,11H,2H2,1H3,(H2,7,10). The predicted octanol–water partition coefficient (Wildman–Crippen LogP) is 1.16. The summed E-state index contributed by atoms with van der Waals surface area (Å²) in [5.41, 5.74) is 7.04. The second-order valence-corrected chi connectivity index (χ2v) is 4.95. The number of hydrogen-bond donors (Lipinski definition) is 2. The molecule has 1 heterocycles. The minimum absolute atomic E-state index is 0.240. The van der Waals surface area contributed by atoms with Gasteiger partial charge < -0.3 is 10.9 Å². The minimum Gasteiger partial charge on any atom is -0.409 e. The van der Waals surface area contributed by atoms with Gasteiger partial charge in [-0.05, 0) is 0 Å². The molecule has 0 aliphatic carbocycles. The zero-order chi connectivity index (χ0) is 9.68. The summed E-state index contributed by atoms with van der Waals surface area (Å²) in [6.07, 6.45) is 0.542. The van der Waals surface area contributed by atoms with Crippen LogP contribution >= 0.6 is 23.1 Å². The summed E-state index contributed by atoms with van der Waals surface area (Å²) in [5, 5.41) is 19.1. The summed E-state index contributed by atoms with van der Waals surface area (Å²) in [6, 6.07) is 0. The van der Waals surface area contributed by atoms with Crippen LogP contribution in [0.5, 0.6) is 0 Å². The first-order valence-electron chi connectivity index (χ1n) is 3.61. The van der Waals surface area contributed by atoms with Gasteiger partial charge in [0.25, 0.3) is 0 Å². The molecule has 0 saturated carbocycles. The Morgan fingerprint density at radius 2 is 2.69 bits per heavy atom. The Labute approximate surface area is 84.0 Å². The lowest BCUT2D eigenvalue weighted by atomic mass is 10.3. The van der Waals surface area contributed by atoms with Crippen LogP contribution in [0.15, 0.2) is 15.0 Å². The van der Waals surface area contributed by atoms with E-state index in [1.54, 1.807) is 17.3 Å². The molecule has 0 fully saturated rings. The number of amidine groups is 1. The Bertz CT molecular complexity index is 274. The molecule has 72 valence electrons. The second-order valence-electron chi connectivity index (χ2n) is 2.43. The van der Waals surface area contributed by atoms with Crippen molar-refractivity contribution in [2.45, 2.75) is 22.9 Å². The third-order valence-electron chi connectivity index (χ3n) is 1.27. The van der Waals surface area contributed by atoms with Gasteiger partial charge in [-0.1, -0.05) is 35.2 Å². The first-order valence-corrected chi connectivity index (χ1v) is 5.37. The molecular weight excluding hydrogens is 208 g/mol. The number of hydrogen-bond acceptors (Lipinski definition) is 6. The summed E-state index contributed by atoms with van der Waals surface area (Å²) in [4.78, 5) is 0. The van der Waals surface area contributed by atoms with E-state index in [9.17, 15) is 0 Å². The van der Waals surface area contributed by atoms with Crippen molar-refractivity contribution in [3.63, 3.8) is 0 Å². The van der Waals surface area contributed by atoms with Crippen molar-refractivity contribution in [3.05, 3.63) is 5.51 Å². The van der Waals surface area contributed by atoms with E-state index in [1.165, 1.54) is 11.3 Å². The molecule has 0 aromatic carbocycles. The number of aromatic nitrogens is 2. The van der Waals surface area contributed by atoms with Gasteiger partial charge in [0.15, 0.2) is 4.34 Å². The molecule has 0 spiro atoms. The zero-order valence-corrected chi connectivity index (χ0v) is 8.68. The molecule has 13 heavy (non-hydrogen) atoms. The molecule has 1 atom stereocenters. The highest BCUT2D eigenvalue weighted by atomic mass is 32.2. The quantitative estimate of drug-likeness (QED) is 0.260. The molecule has 1 aromatic rings. The molecule has 0 saturated heterocycles. The van der Waals surface area contributed by atoms with E-state index in [0.717, 1.165) is 4.34 Å². The molecule has 1 unspecified atom stereocenters. The highest BCUT2D eigenvalue weighted by Crippen LogP contribution is 2.25. The van der Waals surface area contributed by atoms with Gasteiger partial charge in [0.05, 0.1) is 0 Å². The Morgan fingerprint density at radius 3 is 3.23 bits per heavy atom. The van der Waals surface area contributed by atoms with Gasteiger partial charge >= 0.3 is 0 Å². The number of nitrogens with zero attached hydrogens (tertiary/aromatic N) is 3. The number of rotatable bonds is 4. The van der Waals surface area contributed by atoms with Crippen LogP contribution in [0.3, 0.4) is 0 Å². The maximum atomic E-state index is 8.34. The van der Waals surface area contributed by atoms with E-state index < -0.39 is 0 Å². The third kappa shape index (κ3) is 3.60. The van der Waals surface area contributed by atoms with Gasteiger partial charge in [-0.3, -0.25) is 0 Å². The normalized spacial score (nSPS) is 14.4. The summed E-state index contributed by atoms with van der Waals surface area (Å²) >= 11 is 3.05. The van der Waals surface area contributed by atoms with Gasteiger partial charge in [-0.25, -0.2) is 0 Å². The van der Waals surface area contributed by atoms with Crippen molar-refractivity contribution in [3.8, 4) is 0 Å². The van der Waals surface area contributed by atoms with Gasteiger partial charge in [-0.15, -0.1) is 10.2 Å². The summed E-state index contributed by atoms with van der Waals surface area (Å²) in [6.45, 7) is 1.99. The Hall–Kier alpha value is -0.820. The maximum Gasteiger partial charge on any atom is 0.174 e. The number of thioether (sulfide) groups is 1. The van der Waals surface area contributed by atoms with Crippen molar-refractivity contribution in [1.29, 1.82) is 0 Å². The van der Waals surface area contributed by atoms with Crippen LogP contribution in [-0.4, -0.2) is 26.5 Å². The summed E-state index contributed by atoms with van der Waals surface area (Å²) in [5.74, 6) is 0.240. The lowest BCUT2D eigenvalue weighted by Gasteiger charge is -2.06. The smallest absolute Gasteiger partial charge is 0.174 e. The van der Waals surface area contributed by atoms with E-state index in [2.05, 4.69) is 15.4 Å². The SMILES string of the molecule is CC(CC(N)=NO)Sc1nncs1. The molecule has 1 aromatic heterocycles. The number of oxime groups is 1. The Balaban J connectivity index is 2.38. The molecule has 1 rings (SSSR count). The van der Waals surface area contributed by atoms with Crippen LogP contribution in [0.2, 0.25) is 0 Å². The van der Waals surface area contributed by atoms with Crippen LogP contribution in [0, 0.1) is 0 Å². The monoisotopic (exact) mass is 218 g/mol. The minimum atomic E-state index is 0.240. The highest BCUT2D eigenvalue weighted by Gasteiger charge is 2.08. The molecule has 7 heteroatoms. The largest absolute Gasteiger partial charge is 0.409 e. The molecule has 0 radical (unpaired) electrons. The average molecular weight is 218 g/mol. The fourth-order valence-electron chi connectivity index (χ4n) is 0.763. The molecule has 5 nitrogen and oxygen atoms in total. The van der Waals surface area contributed by atoms with E-state index in [-0.39, 0.29) is 11.1 Å². The molecule has 3 N–H and O–H groups in total. The topological polar surface area (TPSA) is 84.4 Å². The molecular formula is C6H10N4OS2. The van der Waals surface area contributed by atoms with Crippen LogP contribution < -0.4 is 5.73 Å². The van der Waals surface area contributed by atoms with Gasteiger partial charge in [-0.2, -0.15) is 0 Å². The van der Waals surface area contributed by atoms with Gasteiger partial charge in [0.2, 0.25) is 0 Å². The van der Waals surface area contributed by atoms with Crippen molar-refractivity contribution >= 4 is 28.9 Å². The zero-order valence-electron chi connectivity index (χ0n) is 7.04.